The number of nitrogens with one attached hydrogen (secondary N) is 1. The second-order valence-corrected chi connectivity index (χ2v) is 6.99. The van der Waals surface area contributed by atoms with E-state index in [0.717, 1.165) is 38.2 Å². The van der Waals surface area contributed by atoms with E-state index in [4.69, 9.17) is 0 Å². The molecule has 7 heteroatoms. The molecule has 0 radical (unpaired) electrons. The molecule has 1 saturated heterocycles. The van der Waals surface area contributed by atoms with Gasteiger partial charge in [0.05, 0.1) is 0 Å². The third-order valence-corrected chi connectivity index (χ3v) is 5.17. The molecule has 0 saturated carbocycles. The maximum absolute atomic E-state index is 13.6. The first-order valence-electron chi connectivity index (χ1n) is 7.12. The molecule has 0 unspecified atom stereocenters. The van der Waals surface area contributed by atoms with Gasteiger partial charge in [0, 0.05) is 6.04 Å². The second kappa shape index (κ2) is 6.81. The molecule has 1 heterocycles. The molecule has 0 aromatic heterocycles. The number of halogens is 2. The standard InChI is InChI=1S/C14H20F2N2O2S/c1-2-7-18-8-5-12(6-9-18)17-21(19,20)14-10-11(15)3-4-13(14)16/h3-4,10,12,17H,2,5-9H2,1H3. The van der Waals surface area contributed by atoms with Crippen molar-refractivity contribution in [3.8, 4) is 0 Å². The molecule has 2 rings (SSSR count). The van der Waals surface area contributed by atoms with Gasteiger partial charge in [-0.25, -0.2) is 21.9 Å². The highest BCUT2D eigenvalue weighted by Gasteiger charge is 2.26. The summed E-state index contributed by atoms with van der Waals surface area (Å²) in [5.41, 5.74) is 0. The van der Waals surface area contributed by atoms with Crippen molar-refractivity contribution in [3.63, 3.8) is 0 Å². The largest absolute Gasteiger partial charge is 0.303 e. The van der Waals surface area contributed by atoms with Crippen molar-refractivity contribution in [2.45, 2.75) is 37.1 Å². The van der Waals surface area contributed by atoms with Crippen LogP contribution in [0.2, 0.25) is 0 Å². The van der Waals surface area contributed by atoms with Gasteiger partial charge in [-0.3, -0.25) is 0 Å². The lowest BCUT2D eigenvalue weighted by Gasteiger charge is -2.31. The minimum atomic E-state index is -4.03. The molecular formula is C14H20F2N2O2S. The maximum atomic E-state index is 13.6. The van der Waals surface area contributed by atoms with Gasteiger partial charge >= 0.3 is 0 Å². The fourth-order valence-corrected chi connectivity index (χ4v) is 3.95. The van der Waals surface area contributed by atoms with Crippen molar-refractivity contribution >= 4 is 10.0 Å². The average molecular weight is 318 g/mol. The lowest BCUT2D eigenvalue weighted by molar-refractivity contribution is 0.208. The molecule has 1 fully saturated rings. The van der Waals surface area contributed by atoms with Gasteiger partial charge in [-0.05, 0) is 57.1 Å². The van der Waals surface area contributed by atoms with Crippen LogP contribution in [0.15, 0.2) is 23.1 Å². The lowest BCUT2D eigenvalue weighted by atomic mass is 10.1. The SMILES string of the molecule is CCCN1CCC(NS(=O)(=O)c2cc(F)ccc2F)CC1. The zero-order valence-corrected chi connectivity index (χ0v) is 12.8. The normalized spacial score (nSPS) is 18.0. The number of likely N-dealkylation sites (tertiary alicyclic amines) is 1. The highest BCUT2D eigenvalue weighted by molar-refractivity contribution is 7.89. The fourth-order valence-electron chi connectivity index (χ4n) is 2.56. The molecule has 1 aliphatic heterocycles. The first kappa shape index (κ1) is 16.3. The summed E-state index contributed by atoms with van der Waals surface area (Å²) in [7, 11) is -4.03. The molecule has 1 aromatic rings. The molecule has 0 amide bonds. The van der Waals surface area contributed by atoms with Crippen LogP contribution in [0.1, 0.15) is 26.2 Å². The van der Waals surface area contributed by atoms with Gasteiger partial charge < -0.3 is 4.90 Å². The van der Waals surface area contributed by atoms with Crippen LogP contribution in [-0.2, 0) is 10.0 Å². The summed E-state index contributed by atoms with van der Waals surface area (Å²) in [5.74, 6) is -1.71. The summed E-state index contributed by atoms with van der Waals surface area (Å²) in [6.45, 7) is 4.72. The minimum Gasteiger partial charge on any atom is -0.303 e. The lowest BCUT2D eigenvalue weighted by Crippen LogP contribution is -2.44. The van der Waals surface area contributed by atoms with Crippen molar-refractivity contribution in [2.24, 2.45) is 0 Å². The Hall–Kier alpha value is -1.05. The number of hydrogen-bond acceptors (Lipinski definition) is 3. The Bertz CT molecular complexity index is 585. The van der Waals surface area contributed by atoms with Crippen LogP contribution < -0.4 is 4.72 Å². The van der Waals surface area contributed by atoms with Crippen LogP contribution in [-0.4, -0.2) is 39.0 Å². The first-order valence-corrected chi connectivity index (χ1v) is 8.60. The average Bonchev–Trinajstić information content (AvgIpc) is 2.43. The van der Waals surface area contributed by atoms with Crippen molar-refractivity contribution in [3.05, 3.63) is 29.8 Å². The van der Waals surface area contributed by atoms with Gasteiger partial charge in [0.2, 0.25) is 10.0 Å². The summed E-state index contributed by atoms with van der Waals surface area (Å²) in [4.78, 5) is 1.64. The van der Waals surface area contributed by atoms with Crippen molar-refractivity contribution < 1.29 is 17.2 Å². The Kier molecular flexibility index (Phi) is 5.29. The number of nitrogens with zero attached hydrogens (tertiary/aromatic N) is 1. The number of rotatable bonds is 5. The quantitative estimate of drug-likeness (QED) is 0.905. The molecule has 1 aromatic carbocycles. The Morgan fingerprint density at radius 1 is 1.29 bits per heavy atom. The molecule has 21 heavy (non-hydrogen) atoms. The topological polar surface area (TPSA) is 49.4 Å². The Morgan fingerprint density at radius 2 is 1.95 bits per heavy atom. The Labute approximate surface area is 124 Å². The van der Waals surface area contributed by atoms with E-state index in [2.05, 4.69) is 16.5 Å². The minimum absolute atomic E-state index is 0.231. The smallest absolute Gasteiger partial charge is 0.243 e. The molecule has 0 atom stereocenters. The van der Waals surface area contributed by atoms with Crippen LogP contribution in [0, 0.1) is 11.6 Å². The highest BCUT2D eigenvalue weighted by Crippen LogP contribution is 2.18. The predicted molar refractivity (Wildman–Crippen MR) is 76.4 cm³/mol. The van der Waals surface area contributed by atoms with Gasteiger partial charge in [-0.15, -0.1) is 0 Å². The summed E-state index contributed by atoms with van der Waals surface area (Å²) in [6.07, 6.45) is 2.41. The van der Waals surface area contributed by atoms with E-state index >= 15 is 0 Å². The van der Waals surface area contributed by atoms with Gasteiger partial charge in [0.15, 0.2) is 0 Å². The van der Waals surface area contributed by atoms with Crippen molar-refractivity contribution in [1.29, 1.82) is 0 Å². The molecule has 1 aliphatic rings. The predicted octanol–water partition coefficient (Wildman–Crippen LogP) is 2.12. The Balaban J connectivity index is 2.04. The van der Waals surface area contributed by atoms with Gasteiger partial charge in [0.25, 0.3) is 0 Å². The molecule has 0 bridgehead atoms. The molecule has 0 aliphatic carbocycles. The van der Waals surface area contributed by atoms with Crippen molar-refractivity contribution in [2.75, 3.05) is 19.6 Å². The van der Waals surface area contributed by atoms with Crippen LogP contribution in [0.3, 0.4) is 0 Å². The number of piperidine rings is 1. The third-order valence-electron chi connectivity index (χ3n) is 3.63. The van der Waals surface area contributed by atoms with Gasteiger partial charge in [-0.1, -0.05) is 6.92 Å². The van der Waals surface area contributed by atoms with E-state index in [1.165, 1.54) is 0 Å². The second-order valence-electron chi connectivity index (χ2n) is 5.31. The molecule has 118 valence electrons. The zero-order chi connectivity index (χ0) is 15.5. The van der Waals surface area contributed by atoms with Crippen LogP contribution >= 0.6 is 0 Å². The van der Waals surface area contributed by atoms with Gasteiger partial charge in [-0.2, -0.15) is 0 Å². The van der Waals surface area contributed by atoms with Crippen LogP contribution in [0.4, 0.5) is 8.78 Å². The van der Waals surface area contributed by atoms with E-state index in [9.17, 15) is 17.2 Å². The van der Waals surface area contributed by atoms with Crippen LogP contribution in [0.25, 0.3) is 0 Å². The monoisotopic (exact) mass is 318 g/mol. The number of hydrogen-bond donors (Lipinski definition) is 1. The van der Waals surface area contributed by atoms with E-state index in [-0.39, 0.29) is 6.04 Å². The molecule has 0 spiro atoms. The highest BCUT2D eigenvalue weighted by atomic mass is 32.2. The Morgan fingerprint density at radius 3 is 2.57 bits per heavy atom. The van der Waals surface area contributed by atoms with E-state index in [1.807, 2.05) is 0 Å². The van der Waals surface area contributed by atoms with Crippen molar-refractivity contribution in [1.82, 2.24) is 9.62 Å². The van der Waals surface area contributed by atoms with Gasteiger partial charge in [0.1, 0.15) is 16.5 Å². The maximum Gasteiger partial charge on any atom is 0.243 e. The molecule has 1 N–H and O–H groups in total. The van der Waals surface area contributed by atoms with E-state index in [1.54, 1.807) is 0 Å². The first-order chi connectivity index (χ1) is 9.92. The van der Waals surface area contributed by atoms with E-state index < -0.39 is 26.6 Å². The third kappa shape index (κ3) is 4.21. The summed E-state index contributed by atoms with van der Waals surface area (Å²) >= 11 is 0. The molecular weight excluding hydrogens is 298 g/mol. The molecule has 4 nitrogen and oxygen atoms in total. The summed E-state index contributed by atoms with van der Waals surface area (Å²) in [5, 5.41) is 0. The number of benzene rings is 1. The fraction of sp³-hybridized carbons (Fsp3) is 0.571. The summed E-state index contributed by atoms with van der Waals surface area (Å²) < 4.78 is 53.5. The van der Waals surface area contributed by atoms with Crippen LogP contribution in [0.5, 0.6) is 0 Å². The van der Waals surface area contributed by atoms with E-state index in [0.29, 0.717) is 18.9 Å². The summed E-state index contributed by atoms with van der Waals surface area (Å²) in [6, 6.07) is 2.21. The number of sulfonamides is 1. The zero-order valence-electron chi connectivity index (χ0n) is 12.0.